The van der Waals surface area contributed by atoms with E-state index in [0.29, 0.717) is 18.2 Å². The van der Waals surface area contributed by atoms with E-state index < -0.39 is 58.2 Å². The van der Waals surface area contributed by atoms with Crippen LogP contribution in [0.25, 0.3) is 0 Å². The molecule has 140 valence electrons. The van der Waals surface area contributed by atoms with Crippen molar-refractivity contribution in [2.75, 3.05) is 0 Å². The lowest BCUT2D eigenvalue weighted by Gasteiger charge is -2.28. The number of fused-ring (bicyclic) bond motifs is 1. The Morgan fingerprint density at radius 2 is 1.69 bits per heavy atom. The molecular formula is C15H8F7NO3. The normalized spacial score (nSPS) is 19.5. The quantitative estimate of drug-likeness (QED) is 0.481. The van der Waals surface area contributed by atoms with E-state index in [0.717, 1.165) is 12.3 Å². The lowest BCUT2D eigenvalue weighted by atomic mass is 9.98. The molecule has 26 heavy (non-hydrogen) atoms. The maximum Gasteiger partial charge on any atom is 0.371 e. The van der Waals surface area contributed by atoms with Gasteiger partial charge in [-0.2, -0.15) is 22.0 Å². The predicted octanol–water partition coefficient (Wildman–Crippen LogP) is 3.83. The van der Waals surface area contributed by atoms with Gasteiger partial charge in [-0.1, -0.05) is 0 Å². The largest absolute Gasteiger partial charge is 0.457 e. The molecule has 0 radical (unpaired) electrons. The first-order valence-electron chi connectivity index (χ1n) is 6.87. The summed E-state index contributed by atoms with van der Waals surface area (Å²) < 4.78 is 100. The lowest BCUT2D eigenvalue weighted by molar-refractivity contribution is -0.358. The fourth-order valence-corrected chi connectivity index (χ4v) is 2.66. The molecular weight excluding hydrogens is 375 g/mol. The number of pyridine rings is 1. The van der Waals surface area contributed by atoms with E-state index in [4.69, 9.17) is 4.74 Å². The van der Waals surface area contributed by atoms with Crippen LogP contribution in [0.3, 0.4) is 0 Å². The van der Waals surface area contributed by atoms with E-state index in [1.54, 1.807) is 0 Å². The summed E-state index contributed by atoms with van der Waals surface area (Å²) >= 11 is 0. The summed E-state index contributed by atoms with van der Waals surface area (Å²) in [6.45, 7) is 0. The molecule has 3 rings (SSSR count). The number of hydrogen-bond donors (Lipinski definition) is 2. The van der Waals surface area contributed by atoms with E-state index in [9.17, 15) is 40.9 Å². The maximum atomic E-state index is 13.9. The number of benzene rings is 1. The Hall–Kier alpha value is -2.40. The zero-order valence-corrected chi connectivity index (χ0v) is 12.4. The van der Waals surface area contributed by atoms with Crippen molar-refractivity contribution in [2.45, 2.75) is 24.1 Å². The Balaban J connectivity index is 2.23. The van der Waals surface area contributed by atoms with Crippen LogP contribution in [0.5, 0.6) is 11.5 Å². The molecule has 0 saturated carbocycles. The third kappa shape index (κ3) is 2.34. The molecule has 4 nitrogen and oxygen atoms in total. The fourth-order valence-electron chi connectivity index (χ4n) is 2.66. The molecule has 0 fully saturated rings. The number of alkyl halides is 6. The van der Waals surface area contributed by atoms with E-state index in [-0.39, 0.29) is 0 Å². The average Bonchev–Trinajstić information content (AvgIpc) is 2.63. The molecule has 11 heteroatoms. The van der Waals surface area contributed by atoms with Gasteiger partial charge < -0.3 is 14.9 Å². The van der Waals surface area contributed by atoms with Gasteiger partial charge in [-0.05, 0) is 18.2 Å². The molecule has 1 aromatic heterocycles. The number of rotatable bonds is 3. The Kier molecular flexibility index (Phi) is 3.92. The summed E-state index contributed by atoms with van der Waals surface area (Å²) in [5, 5.41) is 19.1. The highest BCUT2D eigenvalue weighted by atomic mass is 19.3. The average molecular weight is 383 g/mol. The third-order valence-electron chi connectivity index (χ3n) is 3.87. The van der Waals surface area contributed by atoms with Crippen molar-refractivity contribution in [1.82, 2.24) is 4.98 Å². The molecule has 0 aliphatic heterocycles. The second-order valence-corrected chi connectivity index (χ2v) is 5.44. The van der Waals surface area contributed by atoms with Gasteiger partial charge in [0.25, 0.3) is 12.2 Å². The van der Waals surface area contributed by atoms with Crippen molar-refractivity contribution in [1.29, 1.82) is 0 Å². The maximum absolute atomic E-state index is 13.9. The van der Waals surface area contributed by atoms with Crippen LogP contribution in [0.1, 0.15) is 23.1 Å². The number of aliphatic hydroxyl groups is 2. The number of hydrogen-bond acceptors (Lipinski definition) is 4. The smallest absolute Gasteiger partial charge is 0.371 e. The highest BCUT2D eigenvalue weighted by Gasteiger charge is 2.77. The molecule has 0 bridgehead atoms. The molecule has 2 N–H and O–H groups in total. The molecule has 2 aromatic rings. The first kappa shape index (κ1) is 18.4. The van der Waals surface area contributed by atoms with Crippen molar-refractivity contribution in [2.24, 2.45) is 0 Å². The molecule has 0 saturated heterocycles. The fraction of sp³-hybridized carbons (Fsp3) is 0.267. The molecule has 1 aliphatic rings. The molecule has 1 heterocycles. The summed E-state index contributed by atoms with van der Waals surface area (Å²) in [7, 11) is 0. The van der Waals surface area contributed by atoms with Gasteiger partial charge in [-0.25, -0.2) is 13.8 Å². The van der Waals surface area contributed by atoms with Crippen molar-refractivity contribution in [3.63, 3.8) is 0 Å². The second kappa shape index (κ2) is 5.55. The standard InChI is InChI=1S/C15H8F7NO3/c16-9-5-6(3-4-23-9)26-8-2-1-7-11(10(8)12(17)18)14(24,25)15(21,22)13(7,19)20/h1-5,12,24-25H. The third-order valence-corrected chi connectivity index (χ3v) is 3.87. The van der Waals surface area contributed by atoms with E-state index >= 15 is 0 Å². The van der Waals surface area contributed by atoms with Crippen LogP contribution in [0.2, 0.25) is 0 Å². The monoisotopic (exact) mass is 383 g/mol. The SMILES string of the molecule is OC1(O)c2c(ccc(Oc3ccnc(F)c3)c2C(F)F)C(F)(F)C1(F)F. The lowest BCUT2D eigenvalue weighted by Crippen LogP contribution is -2.49. The van der Waals surface area contributed by atoms with Crippen molar-refractivity contribution in [3.05, 3.63) is 53.1 Å². The van der Waals surface area contributed by atoms with Gasteiger partial charge in [0.1, 0.15) is 11.5 Å². The zero-order chi connectivity index (χ0) is 19.5. The minimum atomic E-state index is -5.46. The van der Waals surface area contributed by atoms with Crippen molar-refractivity contribution < 1.29 is 45.7 Å². The van der Waals surface area contributed by atoms with Crippen LogP contribution in [0.4, 0.5) is 30.7 Å². The minimum absolute atomic E-state index is 0.316. The minimum Gasteiger partial charge on any atom is -0.457 e. The predicted molar refractivity (Wildman–Crippen MR) is 70.6 cm³/mol. The molecule has 0 amide bonds. The van der Waals surface area contributed by atoms with E-state index in [1.165, 1.54) is 0 Å². The van der Waals surface area contributed by atoms with Crippen LogP contribution in [-0.2, 0) is 11.7 Å². The van der Waals surface area contributed by atoms with Gasteiger partial charge in [-0.3, -0.25) is 0 Å². The van der Waals surface area contributed by atoms with E-state index in [2.05, 4.69) is 4.98 Å². The topological polar surface area (TPSA) is 62.6 Å². The van der Waals surface area contributed by atoms with Gasteiger partial charge in [0.15, 0.2) is 0 Å². The summed E-state index contributed by atoms with van der Waals surface area (Å²) in [5.41, 5.74) is -4.99. The van der Waals surface area contributed by atoms with E-state index in [1.807, 2.05) is 0 Å². The van der Waals surface area contributed by atoms with Crippen LogP contribution in [0, 0.1) is 5.95 Å². The van der Waals surface area contributed by atoms with Crippen LogP contribution < -0.4 is 4.74 Å². The summed E-state index contributed by atoms with van der Waals surface area (Å²) in [6.07, 6.45) is -2.78. The first-order chi connectivity index (χ1) is 11.9. The van der Waals surface area contributed by atoms with Crippen LogP contribution in [0.15, 0.2) is 30.5 Å². The summed E-state index contributed by atoms with van der Waals surface area (Å²) in [4.78, 5) is 3.18. The van der Waals surface area contributed by atoms with Gasteiger partial charge >= 0.3 is 11.8 Å². The van der Waals surface area contributed by atoms with Crippen molar-refractivity contribution >= 4 is 0 Å². The van der Waals surface area contributed by atoms with Gasteiger partial charge in [-0.15, -0.1) is 0 Å². The molecule has 0 atom stereocenters. The summed E-state index contributed by atoms with van der Waals surface area (Å²) in [5.74, 6) is -17.5. The number of nitrogens with zero attached hydrogens (tertiary/aromatic N) is 1. The number of halogens is 7. The number of ether oxygens (including phenoxy) is 1. The zero-order valence-electron chi connectivity index (χ0n) is 12.4. The Morgan fingerprint density at radius 3 is 2.27 bits per heavy atom. The first-order valence-corrected chi connectivity index (χ1v) is 6.87. The Morgan fingerprint density at radius 1 is 1.04 bits per heavy atom. The van der Waals surface area contributed by atoms with Crippen molar-refractivity contribution in [3.8, 4) is 11.5 Å². The van der Waals surface area contributed by atoms with Gasteiger partial charge in [0, 0.05) is 23.4 Å². The van der Waals surface area contributed by atoms with Crippen LogP contribution >= 0.6 is 0 Å². The van der Waals surface area contributed by atoms with Gasteiger partial charge in [0.05, 0.1) is 5.56 Å². The molecule has 1 aromatic carbocycles. The molecule has 0 spiro atoms. The van der Waals surface area contributed by atoms with Gasteiger partial charge in [0.2, 0.25) is 5.95 Å². The highest BCUT2D eigenvalue weighted by Crippen LogP contribution is 2.62. The van der Waals surface area contributed by atoms with Crippen LogP contribution in [-0.4, -0.2) is 21.1 Å². The summed E-state index contributed by atoms with van der Waals surface area (Å²) in [6, 6.07) is 2.54. The second-order valence-electron chi connectivity index (χ2n) is 5.44. The highest BCUT2D eigenvalue weighted by molar-refractivity contribution is 5.55. The Labute approximate surface area is 140 Å². The number of aromatic nitrogens is 1. The Bertz CT molecular complexity index is 870. The molecule has 1 aliphatic carbocycles. The molecule has 0 unspecified atom stereocenters.